The molecule has 1 aromatic carbocycles. The summed E-state index contributed by atoms with van der Waals surface area (Å²) < 4.78 is 25.7. The van der Waals surface area contributed by atoms with Crippen LogP contribution in [0.5, 0.6) is 0 Å². The Morgan fingerprint density at radius 3 is 2.21 bits per heavy atom. The summed E-state index contributed by atoms with van der Waals surface area (Å²) in [5.41, 5.74) is -0.838. The summed E-state index contributed by atoms with van der Waals surface area (Å²) in [6.45, 7) is 4.95. The highest BCUT2D eigenvalue weighted by molar-refractivity contribution is 5.96. The molecule has 0 bridgehead atoms. The molecule has 1 atom stereocenters. The van der Waals surface area contributed by atoms with Crippen LogP contribution < -0.4 is 5.32 Å². The first-order valence-corrected chi connectivity index (χ1v) is 5.61. The Balaban J connectivity index is 2.94. The number of rotatable bonds is 3. The fourth-order valence-corrected chi connectivity index (χ4v) is 1.50. The lowest BCUT2D eigenvalue weighted by molar-refractivity contribution is -0.142. The Morgan fingerprint density at radius 2 is 1.79 bits per heavy atom. The molecule has 0 radical (unpaired) electrons. The van der Waals surface area contributed by atoms with Crippen LogP contribution in [0.3, 0.4) is 0 Å². The van der Waals surface area contributed by atoms with Crippen molar-refractivity contribution >= 4 is 11.9 Å². The Morgan fingerprint density at radius 1 is 1.21 bits per heavy atom. The van der Waals surface area contributed by atoms with E-state index in [9.17, 15) is 18.4 Å². The predicted octanol–water partition coefficient (Wildman–Crippen LogP) is 2.19. The highest BCUT2D eigenvalue weighted by Gasteiger charge is 2.32. The minimum Gasteiger partial charge on any atom is -0.480 e. The standard InChI is InChI=1S/C13H15F2NO3/c1-13(2,3)10(12(18)19)16-11(17)7-4-5-8(14)9(15)6-7/h4-6,10H,1-3H3,(H,16,17)(H,18,19)/t10-/m0/s1. The highest BCUT2D eigenvalue weighted by Crippen LogP contribution is 2.20. The van der Waals surface area contributed by atoms with Crippen molar-refractivity contribution in [1.82, 2.24) is 5.32 Å². The topological polar surface area (TPSA) is 66.4 Å². The summed E-state index contributed by atoms with van der Waals surface area (Å²) in [5, 5.41) is 11.3. The van der Waals surface area contributed by atoms with Gasteiger partial charge in [-0.25, -0.2) is 13.6 Å². The second kappa shape index (κ2) is 5.34. The number of hydrogen-bond donors (Lipinski definition) is 2. The minimum absolute atomic E-state index is 0.130. The van der Waals surface area contributed by atoms with Crippen molar-refractivity contribution < 1.29 is 23.5 Å². The number of amides is 1. The van der Waals surface area contributed by atoms with Crippen LogP contribution in [0.25, 0.3) is 0 Å². The van der Waals surface area contributed by atoms with Gasteiger partial charge < -0.3 is 10.4 Å². The molecule has 1 aromatic rings. The Hall–Kier alpha value is -1.98. The fourth-order valence-electron chi connectivity index (χ4n) is 1.50. The van der Waals surface area contributed by atoms with Gasteiger partial charge in [-0.3, -0.25) is 4.79 Å². The van der Waals surface area contributed by atoms with E-state index in [2.05, 4.69) is 5.32 Å². The fraction of sp³-hybridized carbons (Fsp3) is 0.385. The maximum atomic E-state index is 13.0. The van der Waals surface area contributed by atoms with Crippen LogP contribution in [0.15, 0.2) is 18.2 Å². The summed E-state index contributed by atoms with van der Waals surface area (Å²) in [7, 11) is 0. The maximum absolute atomic E-state index is 13.0. The van der Waals surface area contributed by atoms with Gasteiger partial charge >= 0.3 is 5.97 Å². The number of halogens is 2. The van der Waals surface area contributed by atoms with E-state index in [-0.39, 0.29) is 5.56 Å². The second-order valence-electron chi connectivity index (χ2n) is 5.24. The van der Waals surface area contributed by atoms with Crippen molar-refractivity contribution in [2.75, 3.05) is 0 Å². The van der Waals surface area contributed by atoms with Crippen molar-refractivity contribution in [3.8, 4) is 0 Å². The molecule has 1 rings (SSSR count). The summed E-state index contributed by atoms with van der Waals surface area (Å²) in [6, 6.07) is 1.51. The molecular weight excluding hydrogens is 256 g/mol. The molecule has 0 saturated heterocycles. The van der Waals surface area contributed by atoms with Crippen molar-refractivity contribution in [2.24, 2.45) is 5.41 Å². The van der Waals surface area contributed by atoms with Gasteiger partial charge in [-0.15, -0.1) is 0 Å². The molecule has 1 amide bonds. The van der Waals surface area contributed by atoms with Crippen molar-refractivity contribution in [3.63, 3.8) is 0 Å². The number of aliphatic carboxylic acids is 1. The Labute approximate surface area is 109 Å². The third-order valence-electron chi connectivity index (χ3n) is 2.57. The first kappa shape index (κ1) is 15.1. The van der Waals surface area contributed by atoms with E-state index in [1.165, 1.54) is 0 Å². The molecule has 0 fully saturated rings. The molecule has 0 saturated carbocycles. The average molecular weight is 271 g/mol. The molecule has 0 unspecified atom stereocenters. The van der Waals surface area contributed by atoms with Crippen LogP contribution in [0.4, 0.5) is 8.78 Å². The van der Waals surface area contributed by atoms with E-state index in [0.29, 0.717) is 0 Å². The van der Waals surface area contributed by atoms with Gasteiger partial charge in [0, 0.05) is 5.56 Å². The van der Waals surface area contributed by atoms with E-state index >= 15 is 0 Å². The lowest BCUT2D eigenvalue weighted by Gasteiger charge is -2.27. The third-order valence-corrected chi connectivity index (χ3v) is 2.57. The van der Waals surface area contributed by atoms with Crippen LogP contribution in [0.1, 0.15) is 31.1 Å². The van der Waals surface area contributed by atoms with E-state index in [1.807, 2.05) is 0 Å². The van der Waals surface area contributed by atoms with E-state index in [1.54, 1.807) is 20.8 Å². The van der Waals surface area contributed by atoms with Gasteiger partial charge in [0.1, 0.15) is 6.04 Å². The molecule has 2 N–H and O–H groups in total. The van der Waals surface area contributed by atoms with E-state index in [4.69, 9.17) is 5.11 Å². The molecule has 0 aliphatic rings. The van der Waals surface area contributed by atoms with Gasteiger partial charge in [-0.05, 0) is 23.6 Å². The molecule has 4 nitrogen and oxygen atoms in total. The molecular formula is C13H15F2NO3. The van der Waals surface area contributed by atoms with Crippen molar-refractivity contribution in [1.29, 1.82) is 0 Å². The molecule has 0 aliphatic heterocycles. The van der Waals surface area contributed by atoms with Crippen LogP contribution in [-0.2, 0) is 4.79 Å². The van der Waals surface area contributed by atoms with Gasteiger partial charge in [0.05, 0.1) is 0 Å². The van der Waals surface area contributed by atoms with Crippen molar-refractivity contribution in [3.05, 3.63) is 35.4 Å². The number of benzene rings is 1. The predicted molar refractivity (Wildman–Crippen MR) is 64.7 cm³/mol. The normalized spacial score (nSPS) is 12.9. The van der Waals surface area contributed by atoms with Gasteiger partial charge in [0.2, 0.25) is 0 Å². The highest BCUT2D eigenvalue weighted by atomic mass is 19.2. The zero-order valence-corrected chi connectivity index (χ0v) is 10.8. The van der Waals surface area contributed by atoms with E-state index < -0.39 is 35.0 Å². The summed E-state index contributed by atoms with van der Waals surface area (Å²) in [4.78, 5) is 22.9. The summed E-state index contributed by atoms with van der Waals surface area (Å²) in [6.07, 6.45) is 0. The molecule has 0 aliphatic carbocycles. The number of nitrogens with one attached hydrogen (secondary N) is 1. The van der Waals surface area contributed by atoms with Crippen LogP contribution in [0.2, 0.25) is 0 Å². The Kier molecular flexibility index (Phi) is 4.24. The number of carbonyl (C=O) groups is 2. The molecule has 19 heavy (non-hydrogen) atoms. The lowest BCUT2D eigenvalue weighted by atomic mass is 9.86. The quantitative estimate of drug-likeness (QED) is 0.885. The monoisotopic (exact) mass is 271 g/mol. The number of carboxylic acid groups (broad SMARTS) is 1. The summed E-state index contributed by atoms with van der Waals surface area (Å²) in [5.74, 6) is -4.18. The molecule has 104 valence electrons. The zero-order valence-electron chi connectivity index (χ0n) is 10.8. The average Bonchev–Trinajstić information content (AvgIpc) is 2.27. The molecule has 0 heterocycles. The lowest BCUT2D eigenvalue weighted by Crippen LogP contribution is -2.49. The number of carboxylic acids is 1. The Bertz CT molecular complexity index is 509. The smallest absolute Gasteiger partial charge is 0.326 e. The van der Waals surface area contributed by atoms with Crippen LogP contribution in [0, 0.1) is 17.0 Å². The zero-order chi connectivity index (χ0) is 14.8. The minimum atomic E-state index is -1.19. The molecule has 0 spiro atoms. The van der Waals surface area contributed by atoms with Crippen LogP contribution in [-0.4, -0.2) is 23.0 Å². The van der Waals surface area contributed by atoms with Gasteiger partial charge in [0.15, 0.2) is 11.6 Å². The first-order chi connectivity index (χ1) is 8.62. The number of hydrogen-bond acceptors (Lipinski definition) is 2. The van der Waals surface area contributed by atoms with Gasteiger partial charge in [-0.1, -0.05) is 20.8 Å². The summed E-state index contributed by atoms with van der Waals surface area (Å²) >= 11 is 0. The van der Waals surface area contributed by atoms with Crippen molar-refractivity contribution in [2.45, 2.75) is 26.8 Å². The maximum Gasteiger partial charge on any atom is 0.326 e. The van der Waals surface area contributed by atoms with E-state index in [0.717, 1.165) is 18.2 Å². The number of carbonyl (C=O) groups excluding carboxylic acids is 1. The SMILES string of the molecule is CC(C)(C)[C@@H](NC(=O)c1ccc(F)c(F)c1)C(=O)O. The second-order valence-corrected chi connectivity index (χ2v) is 5.24. The van der Waals surface area contributed by atoms with Gasteiger partial charge in [-0.2, -0.15) is 0 Å². The van der Waals surface area contributed by atoms with Gasteiger partial charge in [0.25, 0.3) is 5.91 Å². The van der Waals surface area contributed by atoms with Crippen LogP contribution >= 0.6 is 0 Å². The third kappa shape index (κ3) is 3.74. The first-order valence-electron chi connectivity index (χ1n) is 5.61. The molecule has 6 heteroatoms. The largest absolute Gasteiger partial charge is 0.480 e. The molecule has 0 aromatic heterocycles.